The fourth-order valence-electron chi connectivity index (χ4n) is 7.51. The van der Waals surface area contributed by atoms with Crippen LogP contribution in [-0.4, -0.2) is 24.1 Å². The quantitative estimate of drug-likeness (QED) is 0.214. The Morgan fingerprint density at radius 2 is 0.977 bits per heavy atom. The third-order valence-corrected chi connectivity index (χ3v) is 10.5. The van der Waals surface area contributed by atoms with Crippen LogP contribution in [0.2, 0.25) is 0 Å². The van der Waals surface area contributed by atoms with Crippen molar-refractivity contribution in [2.45, 2.75) is 167 Å². The molecule has 4 unspecified atom stereocenters. The molecule has 44 heavy (non-hydrogen) atoms. The molecule has 2 aliphatic rings. The largest absolute Gasteiger partial charge is 0.455 e. The van der Waals surface area contributed by atoms with Crippen LogP contribution < -0.4 is 0 Å². The van der Waals surface area contributed by atoms with E-state index in [0.29, 0.717) is 34.8 Å². The van der Waals surface area contributed by atoms with Crippen molar-refractivity contribution >= 4 is 11.9 Å². The van der Waals surface area contributed by atoms with E-state index < -0.39 is 12.2 Å². The van der Waals surface area contributed by atoms with Crippen molar-refractivity contribution in [2.75, 3.05) is 0 Å². The molecular weight excluding hydrogens is 544 g/mol. The zero-order chi connectivity index (χ0) is 31.6. The molecule has 2 aromatic rings. The van der Waals surface area contributed by atoms with E-state index in [4.69, 9.17) is 9.47 Å². The Morgan fingerprint density at radius 1 is 0.614 bits per heavy atom. The second kappa shape index (κ2) is 16.6. The van der Waals surface area contributed by atoms with Crippen molar-refractivity contribution in [1.29, 1.82) is 0 Å². The number of ether oxygens (including phenoxy) is 2. The van der Waals surface area contributed by atoms with Gasteiger partial charge in [0.05, 0.1) is 11.1 Å². The zero-order valence-corrected chi connectivity index (χ0v) is 28.5. The van der Waals surface area contributed by atoms with Gasteiger partial charge in [0.25, 0.3) is 0 Å². The van der Waals surface area contributed by atoms with Gasteiger partial charge in [-0.3, -0.25) is 0 Å². The van der Waals surface area contributed by atoms with E-state index >= 15 is 0 Å². The predicted octanol–water partition coefficient (Wildman–Crippen LogP) is 11.4. The topological polar surface area (TPSA) is 52.6 Å². The Kier molecular flexibility index (Phi) is 12.9. The number of hydrogen-bond donors (Lipinski definition) is 0. The van der Waals surface area contributed by atoms with Gasteiger partial charge in [-0.25, -0.2) is 9.59 Å². The third-order valence-electron chi connectivity index (χ3n) is 10.5. The molecule has 4 heteroatoms. The van der Waals surface area contributed by atoms with Gasteiger partial charge in [0, 0.05) is 0 Å². The van der Waals surface area contributed by atoms with Crippen LogP contribution in [0.3, 0.4) is 0 Å². The van der Waals surface area contributed by atoms with Crippen LogP contribution in [0.25, 0.3) is 0 Å². The Balaban J connectivity index is 1.49. The number of carbonyl (C=O) groups is 2. The Labute approximate surface area is 267 Å². The summed E-state index contributed by atoms with van der Waals surface area (Å²) < 4.78 is 12.0. The first kappa shape index (κ1) is 34.3. The molecule has 0 N–H and O–H groups in total. The lowest BCUT2D eigenvalue weighted by molar-refractivity contribution is -0.0241. The van der Waals surface area contributed by atoms with Gasteiger partial charge in [-0.1, -0.05) is 103 Å². The number of benzene rings is 2. The van der Waals surface area contributed by atoms with E-state index in [-0.39, 0.29) is 11.9 Å². The van der Waals surface area contributed by atoms with Crippen molar-refractivity contribution < 1.29 is 19.1 Å². The van der Waals surface area contributed by atoms with Gasteiger partial charge in [0.15, 0.2) is 0 Å². The molecule has 0 radical (unpaired) electrons. The summed E-state index contributed by atoms with van der Waals surface area (Å²) in [5, 5.41) is 0. The molecule has 2 saturated carbocycles. The highest BCUT2D eigenvalue weighted by atomic mass is 16.6. The summed E-state index contributed by atoms with van der Waals surface area (Å²) in [5.74, 6) is 1.10. The summed E-state index contributed by atoms with van der Waals surface area (Å²) in [6.07, 6.45) is 15.3. The van der Waals surface area contributed by atoms with E-state index in [1.54, 1.807) is 0 Å². The Bertz CT molecular complexity index is 1120. The maximum absolute atomic E-state index is 13.6. The molecule has 4 rings (SSSR count). The minimum atomic E-state index is -0.564. The monoisotopic (exact) mass is 602 g/mol. The molecule has 4 nitrogen and oxygen atoms in total. The SMILES string of the molecule is CCCC(C)c1ccc(C(=O)OC(C)C(C)OC(=O)c2ccc(C(C)CCC)cc2C2CCCCC2)c(C2CCCCC2)c1. The van der Waals surface area contributed by atoms with Crippen molar-refractivity contribution in [1.82, 2.24) is 0 Å². The molecule has 2 aliphatic carbocycles. The highest BCUT2D eigenvalue weighted by Crippen LogP contribution is 2.38. The summed E-state index contributed by atoms with van der Waals surface area (Å²) in [6, 6.07) is 12.7. The second-order valence-electron chi connectivity index (χ2n) is 14.0. The van der Waals surface area contributed by atoms with Crippen LogP contribution in [0.15, 0.2) is 36.4 Å². The van der Waals surface area contributed by atoms with Crippen LogP contribution in [0.5, 0.6) is 0 Å². The molecule has 0 aromatic heterocycles. The van der Waals surface area contributed by atoms with Gasteiger partial charge in [0.1, 0.15) is 12.2 Å². The molecule has 0 spiro atoms. The molecule has 4 atom stereocenters. The number of carbonyl (C=O) groups excluding carboxylic acids is 2. The van der Waals surface area contributed by atoms with Crippen LogP contribution >= 0.6 is 0 Å². The molecule has 2 fully saturated rings. The molecule has 2 aromatic carbocycles. The summed E-state index contributed by atoms with van der Waals surface area (Å²) >= 11 is 0. The second-order valence-corrected chi connectivity index (χ2v) is 14.0. The Morgan fingerprint density at radius 3 is 1.32 bits per heavy atom. The van der Waals surface area contributed by atoms with Crippen LogP contribution in [0.1, 0.15) is 198 Å². The molecule has 0 saturated heterocycles. The van der Waals surface area contributed by atoms with Gasteiger partial charge in [-0.05, 0) is 110 Å². The van der Waals surface area contributed by atoms with Crippen molar-refractivity contribution in [2.24, 2.45) is 0 Å². The smallest absolute Gasteiger partial charge is 0.338 e. The highest BCUT2D eigenvalue weighted by Gasteiger charge is 2.29. The first-order valence-electron chi connectivity index (χ1n) is 17.9. The lowest BCUT2D eigenvalue weighted by atomic mass is 9.80. The summed E-state index contributed by atoms with van der Waals surface area (Å²) in [6.45, 7) is 12.7. The fourth-order valence-corrected chi connectivity index (χ4v) is 7.51. The van der Waals surface area contributed by atoms with Gasteiger partial charge in [0.2, 0.25) is 0 Å². The van der Waals surface area contributed by atoms with Crippen molar-refractivity contribution in [3.05, 3.63) is 69.8 Å². The van der Waals surface area contributed by atoms with E-state index in [1.165, 1.54) is 49.7 Å². The summed E-state index contributed by atoms with van der Waals surface area (Å²) in [4.78, 5) is 27.3. The molecule has 0 amide bonds. The lowest BCUT2D eigenvalue weighted by Crippen LogP contribution is -2.31. The number of hydrogen-bond acceptors (Lipinski definition) is 4. The molecule has 0 bridgehead atoms. The number of esters is 2. The van der Waals surface area contributed by atoms with Crippen LogP contribution in [0.4, 0.5) is 0 Å². The Hall–Kier alpha value is -2.62. The normalized spacial score (nSPS) is 19.1. The molecule has 0 aliphatic heterocycles. The average Bonchev–Trinajstić information content (AvgIpc) is 3.05. The van der Waals surface area contributed by atoms with Gasteiger partial charge in [-0.15, -0.1) is 0 Å². The van der Waals surface area contributed by atoms with Crippen LogP contribution in [0, 0.1) is 0 Å². The van der Waals surface area contributed by atoms with E-state index in [2.05, 4.69) is 52.0 Å². The van der Waals surface area contributed by atoms with E-state index in [1.807, 2.05) is 26.0 Å². The third kappa shape index (κ3) is 8.76. The first-order valence-corrected chi connectivity index (χ1v) is 17.9. The van der Waals surface area contributed by atoms with Gasteiger partial charge in [-0.2, -0.15) is 0 Å². The van der Waals surface area contributed by atoms with Crippen molar-refractivity contribution in [3.8, 4) is 0 Å². The van der Waals surface area contributed by atoms with Crippen LogP contribution in [-0.2, 0) is 9.47 Å². The predicted molar refractivity (Wildman–Crippen MR) is 181 cm³/mol. The van der Waals surface area contributed by atoms with Gasteiger partial charge < -0.3 is 9.47 Å². The summed E-state index contributed by atoms with van der Waals surface area (Å²) in [5.41, 5.74) is 6.24. The first-order chi connectivity index (χ1) is 21.2. The number of rotatable bonds is 13. The molecule has 0 heterocycles. The van der Waals surface area contributed by atoms with Crippen molar-refractivity contribution in [3.63, 3.8) is 0 Å². The highest BCUT2D eigenvalue weighted by molar-refractivity contribution is 5.92. The maximum Gasteiger partial charge on any atom is 0.338 e. The lowest BCUT2D eigenvalue weighted by Gasteiger charge is -2.27. The molecule has 242 valence electrons. The van der Waals surface area contributed by atoms with E-state index in [0.717, 1.165) is 62.5 Å². The molecular formula is C40H58O4. The minimum Gasteiger partial charge on any atom is -0.455 e. The fraction of sp³-hybridized carbons (Fsp3) is 0.650. The average molecular weight is 603 g/mol. The maximum atomic E-state index is 13.6. The van der Waals surface area contributed by atoms with E-state index in [9.17, 15) is 9.59 Å². The summed E-state index contributed by atoms with van der Waals surface area (Å²) in [7, 11) is 0. The minimum absolute atomic E-state index is 0.312. The standard InChI is InChI=1S/C40H58O4/c1-7-15-27(3)33-21-23-35(37(25-33)31-17-11-9-12-18-31)39(41)43-29(5)30(6)44-40(42)36-24-22-34(28(4)16-8-2)26-38(36)32-19-13-10-14-20-32/h21-32H,7-20H2,1-6H3. The van der Waals surface area contributed by atoms with Gasteiger partial charge >= 0.3 is 11.9 Å². The zero-order valence-electron chi connectivity index (χ0n) is 28.5.